The van der Waals surface area contributed by atoms with E-state index in [4.69, 9.17) is 9.26 Å². The number of benzene rings is 2. The van der Waals surface area contributed by atoms with Gasteiger partial charge in [-0.2, -0.15) is 4.98 Å². The lowest BCUT2D eigenvalue weighted by atomic mass is 9.92. The van der Waals surface area contributed by atoms with Gasteiger partial charge in [0.25, 0.3) is 5.91 Å². The molecule has 0 aliphatic carbocycles. The Bertz CT molecular complexity index is 1080. The lowest BCUT2D eigenvalue weighted by Gasteiger charge is -2.36. The first-order chi connectivity index (χ1) is 15.2. The molecule has 2 aliphatic rings. The second-order valence-corrected chi connectivity index (χ2v) is 8.19. The highest BCUT2D eigenvalue weighted by Crippen LogP contribution is 2.31. The van der Waals surface area contributed by atoms with Crippen LogP contribution in [0.1, 0.15) is 36.0 Å². The van der Waals surface area contributed by atoms with Crippen LogP contribution in [-0.2, 0) is 22.4 Å². The van der Waals surface area contributed by atoms with Crippen molar-refractivity contribution in [1.82, 2.24) is 15.0 Å². The number of fused-ring (bicyclic) bond motifs is 1. The number of aromatic nitrogens is 2. The number of carbonyl (C=O) groups excluding carboxylic acids is 1. The highest BCUT2D eigenvalue weighted by Gasteiger charge is 2.33. The average Bonchev–Trinajstić information content (AvgIpc) is 3.27. The number of carbonyl (C=O) groups is 1. The summed E-state index contributed by atoms with van der Waals surface area (Å²) in [5, 5.41) is 3.94. The van der Waals surface area contributed by atoms with E-state index < -0.39 is 6.10 Å². The van der Waals surface area contributed by atoms with E-state index in [1.165, 1.54) is 11.6 Å². The van der Waals surface area contributed by atoms with Gasteiger partial charge in [0.1, 0.15) is 5.82 Å². The van der Waals surface area contributed by atoms with Crippen LogP contribution >= 0.6 is 0 Å². The van der Waals surface area contributed by atoms with E-state index in [-0.39, 0.29) is 23.5 Å². The van der Waals surface area contributed by atoms with Crippen molar-refractivity contribution in [2.75, 3.05) is 19.7 Å². The molecular weight excluding hydrogens is 397 g/mol. The molecule has 1 amide bonds. The van der Waals surface area contributed by atoms with E-state index in [0.717, 1.165) is 31.4 Å². The third kappa shape index (κ3) is 4.10. The summed E-state index contributed by atoms with van der Waals surface area (Å²) in [6, 6.07) is 14.4. The molecule has 0 N–H and O–H groups in total. The first-order valence-electron chi connectivity index (χ1n) is 10.7. The van der Waals surface area contributed by atoms with Crippen LogP contribution in [0.15, 0.2) is 53.1 Å². The molecule has 0 saturated carbocycles. The summed E-state index contributed by atoms with van der Waals surface area (Å²) in [5.41, 5.74) is 2.49. The molecule has 2 aromatic carbocycles. The molecule has 5 rings (SSSR count). The fourth-order valence-corrected chi connectivity index (χ4v) is 4.53. The Balaban J connectivity index is 1.26. The van der Waals surface area contributed by atoms with Crippen LogP contribution in [0.5, 0.6) is 0 Å². The fraction of sp³-hybridized carbons (Fsp3) is 0.375. The normalized spacial score (nSPS) is 21.0. The van der Waals surface area contributed by atoms with Gasteiger partial charge in [-0.3, -0.25) is 4.79 Å². The van der Waals surface area contributed by atoms with E-state index in [0.29, 0.717) is 31.0 Å². The van der Waals surface area contributed by atoms with E-state index in [1.807, 2.05) is 23.1 Å². The minimum atomic E-state index is -0.528. The van der Waals surface area contributed by atoms with Crippen LogP contribution < -0.4 is 0 Å². The summed E-state index contributed by atoms with van der Waals surface area (Å²) in [7, 11) is 0. The Kier molecular flexibility index (Phi) is 5.51. The average molecular weight is 421 g/mol. The van der Waals surface area contributed by atoms with E-state index in [9.17, 15) is 9.18 Å². The zero-order valence-corrected chi connectivity index (χ0v) is 17.2. The fourth-order valence-electron chi connectivity index (χ4n) is 4.53. The lowest BCUT2D eigenvalue weighted by molar-refractivity contribution is -0.147. The summed E-state index contributed by atoms with van der Waals surface area (Å²) in [6.45, 7) is 1.91. The molecule has 6 nitrogen and oxygen atoms in total. The number of ether oxygens (including phenoxy) is 1. The maximum Gasteiger partial charge on any atom is 0.256 e. The second kappa shape index (κ2) is 8.59. The van der Waals surface area contributed by atoms with Crippen molar-refractivity contribution in [1.29, 1.82) is 0 Å². The van der Waals surface area contributed by atoms with Gasteiger partial charge in [-0.1, -0.05) is 41.6 Å². The summed E-state index contributed by atoms with van der Waals surface area (Å²) >= 11 is 0. The predicted octanol–water partition coefficient (Wildman–Crippen LogP) is 3.97. The van der Waals surface area contributed by atoms with Crippen molar-refractivity contribution < 1.29 is 18.4 Å². The number of piperidine rings is 1. The molecule has 3 aromatic rings. The van der Waals surface area contributed by atoms with Gasteiger partial charge >= 0.3 is 0 Å². The molecule has 0 bridgehead atoms. The van der Waals surface area contributed by atoms with Crippen molar-refractivity contribution in [2.24, 2.45) is 5.92 Å². The molecule has 1 aromatic heterocycles. The molecule has 31 heavy (non-hydrogen) atoms. The number of likely N-dealkylation sites (tertiary alicyclic amines) is 1. The van der Waals surface area contributed by atoms with Crippen molar-refractivity contribution in [2.45, 2.75) is 31.8 Å². The number of amides is 1. The van der Waals surface area contributed by atoms with Gasteiger partial charge in [0, 0.05) is 19.5 Å². The van der Waals surface area contributed by atoms with E-state index >= 15 is 0 Å². The molecule has 2 atom stereocenters. The van der Waals surface area contributed by atoms with E-state index in [1.54, 1.807) is 18.2 Å². The summed E-state index contributed by atoms with van der Waals surface area (Å²) < 4.78 is 25.2. The third-order valence-electron chi connectivity index (χ3n) is 6.09. The van der Waals surface area contributed by atoms with Crippen molar-refractivity contribution >= 4 is 5.91 Å². The predicted molar refractivity (Wildman–Crippen MR) is 112 cm³/mol. The molecule has 2 unspecified atom stereocenters. The first kappa shape index (κ1) is 19.9. The van der Waals surface area contributed by atoms with Gasteiger partial charge in [-0.05, 0) is 48.4 Å². The quantitative estimate of drug-likeness (QED) is 0.638. The van der Waals surface area contributed by atoms with E-state index in [2.05, 4.69) is 16.2 Å². The number of hydrogen-bond acceptors (Lipinski definition) is 5. The standard InChI is InChI=1S/C24H24FN3O3/c25-20-10-4-3-9-19(20)23-26-21(31-27-23)14-16-6-5-12-28(15-16)24(29)22-18-8-2-1-7-17(18)11-13-30-22/h1-4,7-10,16,22H,5-6,11-15H2. The minimum absolute atomic E-state index is 0.0226. The summed E-state index contributed by atoms with van der Waals surface area (Å²) in [5.74, 6) is 0.581. The van der Waals surface area contributed by atoms with Crippen LogP contribution in [0.3, 0.4) is 0 Å². The topological polar surface area (TPSA) is 68.5 Å². The van der Waals surface area contributed by atoms with Gasteiger partial charge in [-0.15, -0.1) is 0 Å². The SMILES string of the molecule is O=C(C1OCCc2ccccc21)N1CCCC(Cc2nc(-c3ccccc3F)no2)C1. The Morgan fingerprint density at radius 3 is 2.90 bits per heavy atom. The van der Waals surface area contributed by atoms with Crippen molar-refractivity contribution in [3.05, 3.63) is 71.4 Å². The third-order valence-corrected chi connectivity index (χ3v) is 6.09. The van der Waals surface area contributed by atoms with Crippen LogP contribution in [0.25, 0.3) is 11.4 Å². The number of hydrogen-bond donors (Lipinski definition) is 0. The highest BCUT2D eigenvalue weighted by molar-refractivity contribution is 5.83. The van der Waals surface area contributed by atoms with Gasteiger partial charge in [0.05, 0.1) is 12.2 Å². The molecule has 7 heteroatoms. The maximum absolute atomic E-state index is 14.0. The van der Waals surface area contributed by atoms with Crippen LogP contribution in [0.2, 0.25) is 0 Å². The maximum atomic E-state index is 14.0. The molecule has 0 spiro atoms. The Labute approximate surface area is 180 Å². The molecule has 1 saturated heterocycles. The smallest absolute Gasteiger partial charge is 0.256 e. The largest absolute Gasteiger partial charge is 0.363 e. The van der Waals surface area contributed by atoms with Crippen molar-refractivity contribution in [3.63, 3.8) is 0 Å². The monoisotopic (exact) mass is 421 g/mol. The zero-order valence-electron chi connectivity index (χ0n) is 17.2. The van der Waals surface area contributed by atoms with Gasteiger partial charge in [-0.25, -0.2) is 4.39 Å². The molecule has 0 radical (unpaired) electrons. The number of rotatable bonds is 4. The minimum Gasteiger partial charge on any atom is -0.363 e. The van der Waals surface area contributed by atoms with Gasteiger partial charge in [0.2, 0.25) is 11.7 Å². The first-order valence-corrected chi connectivity index (χ1v) is 10.7. The summed E-state index contributed by atoms with van der Waals surface area (Å²) in [4.78, 5) is 19.5. The molecule has 160 valence electrons. The zero-order chi connectivity index (χ0) is 21.2. The van der Waals surface area contributed by atoms with Crippen LogP contribution in [-0.4, -0.2) is 40.6 Å². The summed E-state index contributed by atoms with van der Waals surface area (Å²) in [6.07, 6.45) is 2.76. The van der Waals surface area contributed by atoms with Gasteiger partial charge < -0.3 is 14.2 Å². The lowest BCUT2D eigenvalue weighted by Crippen LogP contribution is -2.44. The van der Waals surface area contributed by atoms with Crippen molar-refractivity contribution in [3.8, 4) is 11.4 Å². The Hall–Kier alpha value is -3.06. The molecular formula is C24H24FN3O3. The molecule has 2 aliphatic heterocycles. The Morgan fingerprint density at radius 1 is 1.16 bits per heavy atom. The molecule has 3 heterocycles. The van der Waals surface area contributed by atoms with Crippen LogP contribution in [0.4, 0.5) is 4.39 Å². The second-order valence-electron chi connectivity index (χ2n) is 8.19. The van der Waals surface area contributed by atoms with Crippen LogP contribution in [0, 0.1) is 11.7 Å². The Morgan fingerprint density at radius 2 is 2.00 bits per heavy atom. The number of halogens is 1. The number of nitrogens with zero attached hydrogens (tertiary/aromatic N) is 3. The highest BCUT2D eigenvalue weighted by atomic mass is 19.1. The van der Waals surface area contributed by atoms with Gasteiger partial charge in [0.15, 0.2) is 6.10 Å². The molecule has 1 fully saturated rings.